The Morgan fingerprint density at radius 1 is 1.07 bits per heavy atom. The van der Waals surface area contributed by atoms with Crippen molar-refractivity contribution in [2.45, 2.75) is 50.8 Å². The summed E-state index contributed by atoms with van der Waals surface area (Å²) < 4.78 is 0. The summed E-state index contributed by atoms with van der Waals surface area (Å²) >= 11 is 0. The standard InChI is InChI=1S/C23H29N3O/c27-22(18-7-4-8-18)20-11-12-24-23-21(20)10-9-19-16-25(13-14-26(19)23)15-17-5-2-1-3-6-17/h1-3,5-6,11-12,18-19,22,27H,4,7-10,13-16H2. The highest BCUT2D eigenvalue weighted by molar-refractivity contribution is 5.55. The van der Waals surface area contributed by atoms with Crippen molar-refractivity contribution in [2.75, 3.05) is 24.5 Å². The number of anilines is 1. The fourth-order valence-electron chi connectivity index (χ4n) is 5.03. The topological polar surface area (TPSA) is 39.6 Å². The predicted molar refractivity (Wildman–Crippen MR) is 108 cm³/mol. The molecule has 1 aromatic heterocycles. The molecule has 2 atom stereocenters. The van der Waals surface area contributed by atoms with Crippen LogP contribution in [0.25, 0.3) is 0 Å². The average molecular weight is 364 g/mol. The minimum Gasteiger partial charge on any atom is -0.388 e. The SMILES string of the molecule is OC(c1ccnc2c1CCC1CN(Cc3ccccc3)CCN21)C1CCC1. The highest BCUT2D eigenvalue weighted by Gasteiger charge is 2.36. The van der Waals surface area contributed by atoms with E-state index in [1.807, 2.05) is 6.20 Å². The van der Waals surface area contributed by atoms with Gasteiger partial charge in [0.25, 0.3) is 0 Å². The molecule has 2 fully saturated rings. The van der Waals surface area contributed by atoms with Gasteiger partial charge in [-0.15, -0.1) is 0 Å². The Morgan fingerprint density at radius 2 is 1.93 bits per heavy atom. The van der Waals surface area contributed by atoms with Crippen molar-refractivity contribution >= 4 is 5.82 Å². The van der Waals surface area contributed by atoms with Crippen molar-refractivity contribution < 1.29 is 5.11 Å². The van der Waals surface area contributed by atoms with Crippen molar-refractivity contribution in [3.63, 3.8) is 0 Å². The van der Waals surface area contributed by atoms with Gasteiger partial charge in [0.2, 0.25) is 0 Å². The van der Waals surface area contributed by atoms with Crippen LogP contribution in [0.4, 0.5) is 5.82 Å². The molecule has 142 valence electrons. The minimum absolute atomic E-state index is 0.300. The van der Waals surface area contributed by atoms with E-state index in [2.05, 4.69) is 46.2 Å². The Bertz CT molecular complexity index is 789. The van der Waals surface area contributed by atoms with Gasteiger partial charge in [-0.2, -0.15) is 0 Å². The van der Waals surface area contributed by atoms with Crippen LogP contribution in [0, 0.1) is 5.92 Å². The number of aliphatic hydroxyl groups excluding tert-OH is 1. The summed E-state index contributed by atoms with van der Waals surface area (Å²) in [5.74, 6) is 1.60. The number of hydrogen-bond donors (Lipinski definition) is 1. The molecule has 2 aliphatic heterocycles. The minimum atomic E-state index is -0.300. The molecule has 3 heterocycles. The molecule has 3 aliphatic rings. The van der Waals surface area contributed by atoms with Crippen LogP contribution in [0.1, 0.15) is 48.5 Å². The Labute approximate surface area is 161 Å². The van der Waals surface area contributed by atoms with E-state index < -0.39 is 0 Å². The zero-order valence-corrected chi connectivity index (χ0v) is 15.9. The lowest BCUT2D eigenvalue weighted by atomic mass is 9.77. The van der Waals surface area contributed by atoms with E-state index in [0.29, 0.717) is 12.0 Å². The molecule has 4 heteroatoms. The van der Waals surface area contributed by atoms with Crippen molar-refractivity contribution in [1.82, 2.24) is 9.88 Å². The van der Waals surface area contributed by atoms with Crippen LogP contribution >= 0.6 is 0 Å². The van der Waals surface area contributed by atoms with E-state index in [4.69, 9.17) is 4.98 Å². The number of aromatic nitrogens is 1. The largest absolute Gasteiger partial charge is 0.388 e. The Balaban J connectivity index is 1.33. The summed E-state index contributed by atoms with van der Waals surface area (Å²) in [5.41, 5.74) is 3.85. The number of pyridine rings is 1. The summed E-state index contributed by atoms with van der Waals surface area (Å²) in [4.78, 5) is 9.84. The summed E-state index contributed by atoms with van der Waals surface area (Å²) in [6.45, 7) is 4.24. The van der Waals surface area contributed by atoms with E-state index in [1.165, 1.54) is 30.4 Å². The van der Waals surface area contributed by atoms with Gasteiger partial charge in [-0.1, -0.05) is 36.8 Å². The molecule has 0 radical (unpaired) electrons. The van der Waals surface area contributed by atoms with Gasteiger partial charge in [-0.3, -0.25) is 4.90 Å². The number of aliphatic hydroxyl groups is 1. The van der Waals surface area contributed by atoms with E-state index >= 15 is 0 Å². The van der Waals surface area contributed by atoms with Crippen LogP contribution in [0.5, 0.6) is 0 Å². The van der Waals surface area contributed by atoms with Gasteiger partial charge < -0.3 is 10.0 Å². The van der Waals surface area contributed by atoms with E-state index in [0.717, 1.165) is 50.4 Å². The first-order chi connectivity index (χ1) is 13.3. The number of rotatable bonds is 4. The lowest BCUT2D eigenvalue weighted by Gasteiger charge is -2.46. The van der Waals surface area contributed by atoms with Crippen molar-refractivity contribution in [2.24, 2.45) is 5.92 Å². The maximum Gasteiger partial charge on any atom is 0.132 e. The Hall–Kier alpha value is -1.91. The molecule has 0 spiro atoms. The van der Waals surface area contributed by atoms with Crippen LogP contribution in [0.15, 0.2) is 42.6 Å². The van der Waals surface area contributed by atoms with Gasteiger partial charge in [0.05, 0.1) is 6.10 Å². The monoisotopic (exact) mass is 363 g/mol. The van der Waals surface area contributed by atoms with Crippen LogP contribution in [0.2, 0.25) is 0 Å². The summed E-state index contributed by atoms with van der Waals surface area (Å²) in [6.07, 6.45) is 7.41. The van der Waals surface area contributed by atoms with Gasteiger partial charge in [0, 0.05) is 44.0 Å². The highest BCUT2D eigenvalue weighted by Crippen LogP contribution is 2.42. The molecule has 1 aliphatic carbocycles. The summed E-state index contributed by atoms with van der Waals surface area (Å²) in [5, 5.41) is 10.8. The van der Waals surface area contributed by atoms with E-state index in [-0.39, 0.29) is 6.10 Å². The fraction of sp³-hybridized carbons (Fsp3) is 0.522. The second kappa shape index (κ2) is 7.25. The van der Waals surface area contributed by atoms with Crippen LogP contribution in [0.3, 0.4) is 0 Å². The Kier molecular flexibility index (Phi) is 4.62. The molecular weight excluding hydrogens is 334 g/mol. The Morgan fingerprint density at radius 3 is 2.70 bits per heavy atom. The molecule has 4 nitrogen and oxygen atoms in total. The average Bonchev–Trinajstić information content (AvgIpc) is 2.66. The molecule has 0 bridgehead atoms. The van der Waals surface area contributed by atoms with Gasteiger partial charge in [-0.05, 0) is 48.8 Å². The fourth-order valence-corrected chi connectivity index (χ4v) is 5.03. The number of hydrogen-bond acceptors (Lipinski definition) is 4. The lowest BCUT2D eigenvalue weighted by Crippen LogP contribution is -2.55. The third-order valence-electron chi connectivity index (χ3n) is 6.80. The van der Waals surface area contributed by atoms with Crippen LogP contribution in [-0.4, -0.2) is 40.7 Å². The number of nitrogens with zero attached hydrogens (tertiary/aromatic N) is 3. The smallest absolute Gasteiger partial charge is 0.132 e. The van der Waals surface area contributed by atoms with Crippen molar-refractivity contribution in [3.05, 3.63) is 59.3 Å². The van der Waals surface area contributed by atoms with Gasteiger partial charge in [-0.25, -0.2) is 4.98 Å². The quantitative estimate of drug-likeness (QED) is 0.902. The molecule has 1 saturated heterocycles. The summed E-state index contributed by atoms with van der Waals surface area (Å²) in [6, 6.07) is 13.4. The molecule has 2 unspecified atom stereocenters. The molecule has 27 heavy (non-hydrogen) atoms. The first-order valence-electron chi connectivity index (χ1n) is 10.5. The van der Waals surface area contributed by atoms with Gasteiger partial charge in [0.1, 0.15) is 5.82 Å². The van der Waals surface area contributed by atoms with E-state index in [9.17, 15) is 5.11 Å². The third kappa shape index (κ3) is 3.26. The van der Waals surface area contributed by atoms with E-state index in [1.54, 1.807) is 0 Å². The molecule has 1 aromatic carbocycles. The molecule has 0 amide bonds. The zero-order chi connectivity index (χ0) is 18.2. The first kappa shape index (κ1) is 17.2. The van der Waals surface area contributed by atoms with Crippen molar-refractivity contribution in [3.8, 4) is 0 Å². The molecule has 2 aromatic rings. The number of fused-ring (bicyclic) bond motifs is 3. The molecular formula is C23H29N3O. The van der Waals surface area contributed by atoms with Gasteiger partial charge >= 0.3 is 0 Å². The zero-order valence-electron chi connectivity index (χ0n) is 15.9. The first-order valence-corrected chi connectivity index (χ1v) is 10.5. The van der Waals surface area contributed by atoms with Crippen LogP contribution in [-0.2, 0) is 13.0 Å². The second-order valence-electron chi connectivity index (χ2n) is 8.44. The molecule has 5 rings (SSSR count). The highest BCUT2D eigenvalue weighted by atomic mass is 16.3. The lowest BCUT2D eigenvalue weighted by molar-refractivity contribution is 0.0611. The number of benzene rings is 1. The van der Waals surface area contributed by atoms with Crippen LogP contribution < -0.4 is 4.90 Å². The predicted octanol–water partition coefficient (Wildman–Crippen LogP) is 3.55. The second-order valence-corrected chi connectivity index (χ2v) is 8.44. The maximum atomic E-state index is 10.8. The van der Waals surface area contributed by atoms with Crippen molar-refractivity contribution in [1.29, 1.82) is 0 Å². The molecule has 1 saturated carbocycles. The maximum absolute atomic E-state index is 10.8. The third-order valence-corrected chi connectivity index (χ3v) is 6.80. The van der Waals surface area contributed by atoms with Gasteiger partial charge in [0.15, 0.2) is 0 Å². The normalized spacial score (nSPS) is 24.0. The summed E-state index contributed by atoms with van der Waals surface area (Å²) in [7, 11) is 0. The number of piperazine rings is 1. The molecule has 1 N–H and O–H groups in total.